The van der Waals surface area contributed by atoms with Gasteiger partial charge in [0.2, 0.25) is 0 Å². The van der Waals surface area contributed by atoms with Crippen LogP contribution in [0.4, 0.5) is 11.4 Å². The molecule has 4 aromatic rings. The first kappa shape index (κ1) is 22.9. The molecule has 1 amide bonds. The molecule has 8 nitrogen and oxygen atoms in total. The van der Waals surface area contributed by atoms with Gasteiger partial charge in [0, 0.05) is 16.6 Å². The van der Waals surface area contributed by atoms with E-state index in [1.807, 2.05) is 19.1 Å². The molecule has 9 heteroatoms. The molecule has 4 rings (SSSR count). The average molecular weight is 476 g/mol. The number of Topliss-reactive ketones (excluding diaryl/α,β-unsaturated/α-hetero) is 1. The monoisotopic (exact) mass is 475 g/mol. The minimum atomic E-state index is -0.705. The van der Waals surface area contributed by atoms with Crippen molar-refractivity contribution in [1.29, 1.82) is 0 Å². The fourth-order valence-electron chi connectivity index (χ4n) is 3.29. The van der Waals surface area contributed by atoms with E-state index in [9.17, 15) is 14.4 Å². The first-order valence-corrected chi connectivity index (χ1v) is 11.1. The summed E-state index contributed by atoms with van der Waals surface area (Å²) in [7, 11) is 1.45. The Morgan fingerprint density at radius 1 is 1.03 bits per heavy atom. The zero-order valence-electron chi connectivity index (χ0n) is 18.5. The van der Waals surface area contributed by atoms with Gasteiger partial charge in [-0.05, 0) is 37.3 Å². The summed E-state index contributed by atoms with van der Waals surface area (Å²) in [6.07, 6.45) is 0. The molecule has 0 radical (unpaired) electrons. The SMILES string of the molecule is COc1ccc(C(=O)OCC(=O)c2ccccc2)cc1NC(=O)c1sc2nc(C)ccc2c1N. The van der Waals surface area contributed by atoms with Gasteiger partial charge in [-0.2, -0.15) is 0 Å². The van der Waals surface area contributed by atoms with E-state index in [1.54, 1.807) is 30.3 Å². The fourth-order valence-corrected chi connectivity index (χ4v) is 4.33. The Morgan fingerprint density at radius 3 is 2.53 bits per heavy atom. The Morgan fingerprint density at radius 2 is 1.79 bits per heavy atom. The van der Waals surface area contributed by atoms with E-state index in [1.165, 1.54) is 36.6 Å². The summed E-state index contributed by atoms with van der Waals surface area (Å²) in [6, 6.07) is 16.7. The quantitative estimate of drug-likeness (QED) is 0.298. The molecule has 2 heterocycles. The maximum Gasteiger partial charge on any atom is 0.338 e. The number of ether oxygens (including phenoxy) is 2. The zero-order valence-corrected chi connectivity index (χ0v) is 19.3. The standard InChI is InChI=1S/C25H21N3O5S/c1-14-8-10-17-21(26)22(34-24(17)27-14)23(30)28-18-12-16(9-11-20(18)32-2)25(31)33-13-19(29)15-6-4-3-5-7-15/h3-12H,13,26H2,1-2H3,(H,28,30). The number of rotatable bonds is 7. The number of ketones is 1. The van der Waals surface area contributed by atoms with Crippen LogP contribution >= 0.6 is 11.3 Å². The third-order valence-corrected chi connectivity index (χ3v) is 6.17. The molecule has 0 unspecified atom stereocenters. The van der Waals surface area contributed by atoms with Gasteiger partial charge in [-0.3, -0.25) is 9.59 Å². The summed E-state index contributed by atoms with van der Waals surface area (Å²) in [5, 5.41) is 3.45. The van der Waals surface area contributed by atoms with E-state index in [0.717, 1.165) is 5.69 Å². The lowest BCUT2D eigenvalue weighted by atomic mass is 10.1. The highest BCUT2D eigenvalue weighted by atomic mass is 32.1. The van der Waals surface area contributed by atoms with Gasteiger partial charge in [-0.1, -0.05) is 30.3 Å². The number of benzene rings is 2. The van der Waals surface area contributed by atoms with Gasteiger partial charge in [0.15, 0.2) is 12.4 Å². The second kappa shape index (κ2) is 9.72. The molecular formula is C25H21N3O5S. The number of thiophene rings is 1. The molecule has 0 fully saturated rings. The molecule has 0 saturated heterocycles. The normalized spacial score (nSPS) is 10.6. The van der Waals surface area contributed by atoms with E-state index >= 15 is 0 Å². The molecule has 0 aliphatic rings. The van der Waals surface area contributed by atoms with Gasteiger partial charge in [0.25, 0.3) is 5.91 Å². The molecule has 2 aromatic carbocycles. The molecule has 0 atom stereocenters. The van der Waals surface area contributed by atoms with Crippen molar-refractivity contribution >= 4 is 50.6 Å². The highest BCUT2D eigenvalue weighted by Crippen LogP contribution is 2.34. The number of esters is 1. The largest absolute Gasteiger partial charge is 0.495 e. The number of nitrogen functional groups attached to an aromatic ring is 1. The maximum atomic E-state index is 13.0. The lowest BCUT2D eigenvalue weighted by molar-refractivity contribution is 0.0474. The van der Waals surface area contributed by atoms with Gasteiger partial charge in [0.05, 0.1) is 24.0 Å². The zero-order chi connectivity index (χ0) is 24.2. The summed E-state index contributed by atoms with van der Waals surface area (Å²) < 4.78 is 10.5. The van der Waals surface area contributed by atoms with Crippen molar-refractivity contribution in [2.45, 2.75) is 6.92 Å². The number of fused-ring (bicyclic) bond motifs is 1. The van der Waals surface area contributed by atoms with Crippen molar-refractivity contribution in [1.82, 2.24) is 4.98 Å². The van der Waals surface area contributed by atoms with Crippen molar-refractivity contribution in [2.24, 2.45) is 0 Å². The minimum Gasteiger partial charge on any atom is -0.495 e. The first-order chi connectivity index (χ1) is 16.4. The number of nitrogens with one attached hydrogen (secondary N) is 1. The van der Waals surface area contributed by atoms with E-state index < -0.39 is 18.5 Å². The van der Waals surface area contributed by atoms with Crippen LogP contribution in [0.5, 0.6) is 5.75 Å². The van der Waals surface area contributed by atoms with Crippen LogP contribution in [0.15, 0.2) is 60.7 Å². The fraction of sp³-hybridized carbons (Fsp3) is 0.120. The van der Waals surface area contributed by atoms with Crippen LogP contribution in [0.2, 0.25) is 0 Å². The summed E-state index contributed by atoms with van der Waals surface area (Å²) >= 11 is 1.18. The second-order valence-corrected chi connectivity index (χ2v) is 8.38. The lowest BCUT2D eigenvalue weighted by Gasteiger charge is -2.12. The summed E-state index contributed by atoms with van der Waals surface area (Å²) in [5.74, 6) is -1.14. The van der Waals surface area contributed by atoms with Gasteiger partial charge in [-0.25, -0.2) is 9.78 Å². The van der Waals surface area contributed by atoms with Crippen molar-refractivity contribution in [3.63, 3.8) is 0 Å². The van der Waals surface area contributed by atoms with Crippen LogP contribution in [-0.4, -0.2) is 36.4 Å². The summed E-state index contributed by atoms with van der Waals surface area (Å²) in [5.41, 5.74) is 8.19. The molecule has 0 spiro atoms. The molecule has 0 saturated carbocycles. The lowest BCUT2D eigenvalue weighted by Crippen LogP contribution is -2.16. The number of aryl methyl sites for hydroxylation is 1. The van der Waals surface area contributed by atoms with Gasteiger partial charge >= 0.3 is 5.97 Å². The Labute approximate surface area is 199 Å². The van der Waals surface area contributed by atoms with Gasteiger partial charge in [-0.15, -0.1) is 11.3 Å². The number of methoxy groups -OCH3 is 1. The molecule has 0 aliphatic heterocycles. The second-order valence-electron chi connectivity index (χ2n) is 7.38. The van der Waals surface area contributed by atoms with E-state index in [-0.39, 0.29) is 17.0 Å². The highest BCUT2D eigenvalue weighted by Gasteiger charge is 2.20. The number of hydrogen-bond acceptors (Lipinski definition) is 8. The van der Waals surface area contributed by atoms with Crippen LogP contribution in [0.1, 0.15) is 36.1 Å². The molecule has 0 bridgehead atoms. The van der Waals surface area contributed by atoms with Crippen molar-refractivity contribution in [2.75, 3.05) is 24.8 Å². The van der Waals surface area contributed by atoms with Crippen LogP contribution in [0, 0.1) is 6.92 Å². The van der Waals surface area contributed by atoms with E-state index in [2.05, 4.69) is 10.3 Å². The average Bonchev–Trinajstić information content (AvgIpc) is 3.18. The molecular weight excluding hydrogens is 454 g/mol. The van der Waals surface area contributed by atoms with Crippen LogP contribution < -0.4 is 15.8 Å². The third kappa shape index (κ3) is 4.74. The minimum absolute atomic E-state index is 0.151. The summed E-state index contributed by atoms with van der Waals surface area (Å²) in [6.45, 7) is 1.46. The summed E-state index contributed by atoms with van der Waals surface area (Å²) in [4.78, 5) is 43.1. The number of nitrogens with two attached hydrogens (primary N) is 1. The van der Waals surface area contributed by atoms with Gasteiger partial charge in [0.1, 0.15) is 15.5 Å². The van der Waals surface area contributed by atoms with Crippen LogP contribution in [-0.2, 0) is 4.74 Å². The van der Waals surface area contributed by atoms with E-state index in [0.29, 0.717) is 32.1 Å². The number of hydrogen-bond donors (Lipinski definition) is 2. The van der Waals surface area contributed by atoms with Crippen LogP contribution in [0.3, 0.4) is 0 Å². The number of aromatic nitrogens is 1. The topological polar surface area (TPSA) is 121 Å². The van der Waals surface area contributed by atoms with E-state index in [4.69, 9.17) is 15.2 Å². The predicted octanol–water partition coefficient (Wildman–Crippen LogP) is 4.49. The number of carbonyl (C=O) groups excluding carboxylic acids is 3. The predicted molar refractivity (Wildman–Crippen MR) is 131 cm³/mol. The van der Waals surface area contributed by atoms with Crippen LogP contribution in [0.25, 0.3) is 10.2 Å². The smallest absolute Gasteiger partial charge is 0.338 e. The Bertz CT molecular complexity index is 1400. The number of nitrogens with zero attached hydrogens (tertiary/aromatic N) is 1. The molecule has 2 aromatic heterocycles. The van der Waals surface area contributed by atoms with Gasteiger partial charge < -0.3 is 20.5 Å². The maximum absolute atomic E-state index is 13.0. The number of amides is 1. The Hall–Kier alpha value is -4.24. The molecule has 0 aliphatic carbocycles. The van der Waals surface area contributed by atoms with Crippen molar-refractivity contribution in [3.8, 4) is 5.75 Å². The number of pyridine rings is 1. The third-order valence-electron chi connectivity index (χ3n) is 5.05. The Balaban J connectivity index is 1.52. The van der Waals surface area contributed by atoms with Crippen molar-refractivity contribution < 1.29 is 23.9 Å². The molecule has 172 valence electrons. The Kier molecular flexibility index (Phi) is 6.55. The molecule has 3 N–H and O–H groups in total. The number of anilines is 2. The highest BCUT2D eigenvalue weighted by molar-refractivity contribution is 7.21. The molecule has 34 heavy (non-hydrogen) atoms. The first-order valence-electron chi connectivity index (χ1n) is 10.3. The number of carbonyl (C=O) groups is 3. The van der Waals surface area contributed by atoms with Crippen molar-refractivity contribution in [3.05, 3.63) is 82.4 Å².